The molecule has 0 aliphatic rings. The van der Waals surface area contributed by atoms with E-state index in [1.165, 1.54) is 0 Å². The number of hydrogen-bond acceptors (Lipinski definition) is 2. The molecule has 0 saturated carbocycles. The summed E-state index contributed by atoms with van der Waals surface area (Å²) in [5.74, 6) is 0. The fraction of sp³-hybridized carbons (Fsp3) is 0. The maximum atomic E-state index is 10.1. The van der Waals surface area contributed by atoms with E-state index < -0.39 is 9.84 Å². The second-order valence-corrected chi connectivity index (χ2v) is 4.84. The molecule has 0 heterocycles. The zero-order chi connectivity index (χ0) is 13.3. The summed E-state index contributed by atoms with van der Waals surface area (Å²) >= 11 is 0. The Hall–Kier alpha value is -1.87. The molecule has 0 aromatic heterocycles. The predicted octanol–water partition coefficient (Wildman–Crippen LogP) is 3.66. The maximum Gasteiger partial charge on any atom is 0.191 e. The molecule has 0 bridgehead atoms. The molecule has 0 radical (unpaired) electrons. The summed E-state index contributed by atoms with van der Waals surface area (Å²) in [6.45, 7) is 13.4. The van der Waals surface area contributed by atoms with Gasteiger partial charge in [0.2, 0.25) is 0 Å². The molecule has 1 aromatic rings. The highest BCUT2D eigenvalue weighted by Crippen LogP contribution is 2.05. The van der Waals surface area contributed by atoms with Gasteiger partial charge in [-0.2, -0.15) is 0 Å². The average Bonchev–Trinajstić information content (AvgIpc) is 2.39. The smallest absolute Gasteiger partial charge is 0.191 e. The summed E-state index contributed by atoms with van der Waals surface area (Å²) in [6, 6.07) is 8.07. The highest BCUT2D eigenvalue weighted by atomic mass is 32.2. The molecule has 17 heavy (non-hydrogen) atoms. The highest BCUT2D eigenvalue weighted by molar-refractivity contribution is 7.97. The quantitative estimate of drug-likeness (QED) is 0.815. The lowest BCUT2D eigenvalue weighted by molar-refractivity contribution is 0.613. The van der Waals surface area contributed by atoms with Gasteiger partial charge in [0.15, 0.2) is 9.84 Å². The first kappa shape index (κ1) is 15.1. The van der Waals surface area contributed by atoms with Crippen LogP contribution in [0, 0.1) is 0 Å². The van der Waals surface area contributed by atoms with Crippen molar-refractivity contribution in [3.8, 4) is 0 Å². The van der Waals surface area contributed by atoms with E-state index in [2.05, 4.69) is 26.3 Å². The first-order valence-electron chi connectivity index (χ1n) is 4.84. The highest BCUT2D eigenvalue weighted by Gasteiger charge is 1.90. The molecule has 3 heteroatoms. The molecule has 0 amide bonds. The Morgan fingerprint density at radius 1 is 0.765 bits per heavy atom. The van der Waals surface area contributed by atoms with E-state index in [-0.39, 0.29) is 0 Å². The van der Waals surface area contributed by atoms with Gasteiger partial charge in [0.1, 0.15) is 0 Å². The van der Waals surface area contributed by atoms with E-state index >= 15 is 0 Å². The normalized spacial score (nSPS) is 9.41. The summed E-state index contributed by atoms with van der Waals surface area (Å²) in [5, 5.41) is 1.69. The van der Waals surface area contributed by atoms with Gasteiger partial charge in [-0.3, -0.25) is 0 Å². The van der Waals surface area contributed by atoms with Gasteiger partial charge in [-0.25, -0.2) is 8.42 Å². The Morgan fingerprint density at radius 3 is 1.18 bits per heavy atom. The van der Waals surface area contributed by atoms with E-state index in [0.29, 0.717) is 0 Å². The molecule has 0 spiro atoms. The molecular weight excluding hydrogens is 232 g/mol. The summed E-state index contributed by atoms with van der Waals surface area (Å²) in [6.07, 6.45) is 3.65. The van der Waals surface area contributed by atoms with Crippen molar-refractivity contribution in [3.05, 3.63) is 72.5 Å². The van der Waals surface area contributed by atoms with Gasteiger partial charge in [-0.05, 0) is 11.1 Å². The van der Waals surface area contributed by atoms with Crippen LogP contribution in [0.25, 0.3) is 12.2 Å². The van der Waals surface area contributed by atoms with Gasteiger partial charge in [-0.15, -0.1) is 0 Å². The predicted molar refractivity (Wildman–Crippen MR) is 75.9 cm³/mol. The maximum absolute atomic E-state index is 10.1. The second kappa shape index (κ2) is 7.41. The molecule has 0 N–H and O–H groups in total. The van der Waals surface area contributed by atoms with E-state index in [1.54, 1.807) is 0 Å². The van der Waals surface area contributed by atoms with Gasteiger partial charge in [-0.1, -0.05) is 62.7 Å². The third kappa shape index (κ3) is 6.33. The molecule has 0 saturated heterocycles. The molecule has 0 atom stereocenters. The molecule has 0 unspecified atom stereocenters. The van der Waals surface area contributed by atoms with Gasteiger partial charge in [0, 0.05) is 10.8 Å². The zero-order valence-corrected chi connectivity index (χ0v) is 10.5. The van der Waals surface area contributed by atoms with E-state index in [9.17, 15) is 8.42 Å². The Morgan fingerprint density at radius 2 is 1.06 bits per heavy atom. The topological polar surface area (TPSA) is 34.1 Å². The minimum atomic E-state index is -3.13. The number of sulfone groups is 1. The van der Waals surface area contributed by atoms with Crippen molar-refractivity contribution >= 4 is 22.0 Å². The first-order valence-corrected chi connectivity index (χ1v) is 6.45. The molecule has 0 aliphatic carbocycles. The molecular formula is C14H16O2S. The summed E-state index contributed by atoms with van der Waals surface area (Å²) in [4.78, 5) is 0. The van der Waals surface area contributed by atoms with Crippen molar-refractivity contribution in [1.82, 2.24) is 0 Å². The largest absolute Gasteiger partial charge is 0.220 e. The van der Waals surface area contributed by atoms with Crippen molar-refractivity contribution in [2.75, 3.05) is 0 Å². The van der Waals surface area contributed by atoms with Crippen LogP contribution >= 0.6 is 0 Å². The Bertz CT molecular complexity index is 453. The van der Waals surface area contributed by atoms with Crippen molar-refractivity contribution in [1.29, 1.82) is 0 Å². The van der Waals surface area contributed by atoms with E-state index in [0.717, 1.165) is 21.9 Å². The number of hydrogen-bond donors (Lipinski definition) is 0. The van der Waals surface area contributed by atoms with E-state index in [4.69, 9.17) is 0 Å². The Kier molecular flexibility index (Phi) is 6.60. The Balaban J connectivity index is 0.000000325. The lowest BCUT2D eigenvalue weighted by Crippen LogP contribution is -1.83. The van der Waals surface area contributed by atoms with Crippen LogP contribution < -0.4 is 0 Å². The van der Waals surface area contributed by atoms with Crippen LogP contribution in [0.5, 0.6) is 0 Å². The van der Waals surface area contributed by atoms with Crippen LogP contribution in [0.4, 0.5) is 0 Å². The SMILES string of the molecule is C=CS(=O)(=O)C=C.C=Cc1ccc(C=C)cc1. The lowest BCUT2D eigenvalue weighted by Gasteiger charge is -1.92. The molecule has 0 fully saturated rings. The third-order valence-corrected chi connectivity index (χ3v) is 2.80. The zero-order valence-electron chi connectivity index (χ0n) is 9.67. The van der Waals surface area contributed by atoms with Crippen LogP contribution in [0.2, 0.25) is 0 Å². The van der Waals surface area contributed by atoms with Crippen molar-refractivity contribution in [3.63, 3.8) is 0 Å². The fourth-order valence-electron chi connectivity index (χ4n) is 0.836. The summed E-state index contributed by atoms with van der Waals surface area (Å²) in [5.41, 5.74) is 2.29. The second-order valence-electron chi connectivity index (χ2n) is 3.00. The summed E-state index contributed by atoms with van der Waals surface area (Å²) in [7, 11) is -3.13. The van der Waals surface area contributed by atoms with E-state index in [1.807, 2.05) is 36.4 Å². The van der Waals surface area contributed by atoms with Crippen molar-refractivity contribution in [2.45, 2.75) is 0 Å². The number of benzene rings is 1. The molecule has 2 nitrogen and oxygen atoms in total. The minimum absolute atomic E-state index is 0.847. The first-order chi connectivity index (χ1) is 7.99. The van der Waals surface area contributed by atoms with Gasteiger partial charge in [0.25, 0.3) is 0 Å². The third-order valence-electron chi connectivity index (χ3n) is 1.87. The molecule has 0 aliphatic heterocycles. The van der Waals surface area contributed by atoms with Crippen LogP contribution in [-0.2, 0) is 9.84 Å². The van der Waals surface area contributed by atoms with Gasteiger partial charge >= 0.3 is 0 Å². The van der Waals surface area contributed by atoms with Gasteiger partial charge < -0.3 is 0 Å². The van der Waals surface area contributed by atoms with Crippen molar-refractivity contribution < 1.29 is 8.42 Å². The Labute approximate surface area is 103 Å². The fourth-order valence-corrected chi connectivity index (χ4v) is 0.972. The number of rotatable bonds is 4. The van der Waals surface area contributed by atoms with Crippen molar-refractivity contribution in [2.24, 2.45) is 0 Å². The monoisotopic (exact) mass is 248 g/mol. The molecule has 1 rings (SSSR count). The molecule has 90 valence electrons. The van der Waals surface area contributed by atoms with Gasteiger partial charge in [0.05, 0.1) is 0 Å². The van der Waals surface area contributed by atoms with Crippen LogP contribution in [-0.4, -0.2) is 8.42 Å². The average molecular weight is 248 g/mol. The standard InChI is InChI=1S/C10H10.C4H6O2S/c1-3-9-5-7-10(4-2)8-6-9;1-3-7(5,6)4-2/h3-8H,1-2H2;3-4H,1-2H2. The lowest BCUT2D eigenvalue weighted by atomic mass is 10.1. The van der Waals surface area contributed by atoms with Crippen LogP contribution in [0.1, 0.15) is 11.1 Å². The summed E-state index contributed by atoms with van der Waals surface area (Å²) < 4.78 is 20.3. The van der Waals surface area contributed by atoms with Crippen LogP contribution in [0.15, 0.2) is 61.4 Å². The molecule has 1 aromatic carbocycles. The minimum Gasteiger partial charge on any atom is -0.220 e. The van der Waals surface area contributed by atoms with Crippen LogP contribution in [0.3, 0.4) is 0 Å².